The van der Waals surface area contributed by atoms with Crippen LogP contribution >= 0.6 is 35.3 Å². The molecule has 0 aliphatic heterocycles. The number of thioether (sulfide) groups is 3. The number of carbonyl (C=O) groups is 2. The smallest absolute Gasteiger partial charge is 0.335 e. The minimum Gasteiger partial charge on any atom is -0.478 e. The fourth-order valence-electron chi connectivity index (χ4n) is 4.75. The number of amides is 1. The topological polar surface area (TPSA) is 291 Å². The highest BCUT2D eigenvalue weighted by atomic mass is 32.2. The Balaban J connectivity index is 0.000000335. The van der Waals surface area contributed by atoms with Crippen LogP contribution in [0.25, 0.3) is 0 Å². The molecule has 348 valence electrons. The van der Waals surface area contributed by atoms with Gasteiger partial charge in [0.1, 0.15) is 5.82 Å². The Morgan fingerprint density at radius 1 is 0.618 bits per heavy atom. The van der Waals surface area contributed by atoms with Crippen LogP contribution in [0.15, 0.2) is 180 Å². The van der Waals surface area contributed by atoms with Crippen molar-refractivity contribution in [3.8, 4) is 18.2 Å². The number of nitrogen functional groups attached to an aromatic ring is 2. The second kappa shape index (κ2) is 34.1. The molecule has 0 aliphatic carbocycles. The number of carboxylic acids is 1. The van der Waals surface area contributed by atoms with Gasteiger partial charge in [-0.25, -0.2) is 4.79 Å². The van der Waals surface area contributed by atoms with Crippen LogP contribution in [0.3, 0.4) is 0 Å². The quantitative estimate of drug-likeness (QED) is 0.0372. The van der Waals surface area contributed by atoms with Gasteiger partial charge < -0.3 is 43.6 Å². The first kappa shape index (κ1) is 55.9. The van der Waals surface area contributed by atoms with E-state index in [1.54, 1.807) is 140 Å². The summed E-state index contributed by atoms with van der Waals surface area (Å²) in [4.78, 5) is 34.4. The molecule has 0 spiro atoms. The summed E-state index contributed by atoms with van der Waals surface area (Å²) < 4.78 is 1.06. The van der Waals surface area contributed by atoms with Crippen molar-refractivity contribution in [3.05, 3.63) is 202 Å². The van der Waals surface area contributed by atoms with Gasteiger partial charge >= 0.3 is 5.97 Å². The van der Waals surface area contributed by atoms with Crippen molar-refractivity contribution in [2.24, 2.45) is 5.73 Å². The Hall–Kier alpha value is -8.25. The van der Waals surface area contributed by atoms with Gasteiger partial charge in [0.05, 0.1) is 50.5 Å². The molecule has 16 nitrogen and oxygen atoms in total. The van der Waals surface area contributed by atoms with Crippen LogP contribution in [0.5, 0.6) is 0 Å². The minimum atomic E-state index is -0.909. The number of nitrogens with one attached hydrogen (secondary N) is 4. The maximum absolute atomic E-state index is 12.4. The van der Waals surface area contributed by atoms with E-state index in [1.807, 2.05) is 73.4 Å². The molecule has 6 rings (SSSR count). The van der Waals surface area contributed by atoms with Crippen molar-refractivity contribution >= 4 is 75.6 Å². The second-order valence-corrected chi connectivity index (χ2v) is 15.6. The van der Waals surface area contributed by atoms with Crippen LogP contribution in [0, 0.1) is 34.0 Å². The van der Waals surface area contributed by atoms with Gasteiger partial charge in [-0.1, -0.05) is 36.4 Å². The number of rotatable bonds is 14. The van der Waals surface area contributed by atoms with E-state index in [9.17, 15) is 9.59 Å². The Morgan fingerprint density at radius 3 is 1.56 bits per heavy atom. The molecule has 0 atom stereocenters. The zero-order valence-corrected chi connectivity index (χ0v) is 39.9. The average molecular weight is 966 g/mol. The Morgan fingerprint density at radius 2 is 1.12 bits per heavy atom. The predicted molar refractivity (Wildman–Crippen MR) is 279 cm³/mol. The molecule has 0 fully saturated rings. The average Bonchev–Trinajstić information content (AvgIpc) is 3.37. The second-order valence-electron chi connectivity index (χ2n) is 12.8. The van der Waals surface area contributed by atoms with Crippen molar-refractivity contribution in [2.75, 3.05) is 46.2 Å². The van der Waals surface area contributed by atoms with E-state index in [2.05, 4.69) is 36.2 Å². The molecule has 0 saturated heterocycles. The monoisotopic (exact) mass is 965 g/mol. The van der Waals surface area contributed by atoms with E-state index < -0.39 is 5.97 Å². The summed E-state index contributed by atoms with van der Waals surface area (Å²) in [6.07, 6.45) is 20.3. The van der Waals surface area contributed by atoms with Gasteiger partial charge in [0.25, 0.3) is 5.91 Å². The van der Waals surface area contributed by atoms with Gasteiger partial charge in [0.2, 0.25) is 0 Å². The van der Waals surface area contributed by atoms with E-state index in [0.717, 1.165) is 37.5 Å². The Bertz CT molecular complexity index is 2630. The van der Waals surface area contributed by atoms with Crippen LogP contribution < -0.4 is 38.5 Å². The normalized spacial score (nSPS) is 9.90. The minimum absolute atomic E-state index is 0.230. The lowest BCUT2D eigenvalue weighted by molar-refractivity contribution is 0.0696. The maximum atomic E-state index is 12.4. The van der Waals surface area contributed by atoms with Crippen LogP contribution in [-0.2, 0) is 13.1 Å². The highest BCUT2D eigenvalue weighted by molar-refractivity contribution is 8.21. The van der Waals surface area contributed by atoms with Gasteiger partial charge in [-0.3, -0.25) is 19.7 Å². The van der Waals surface area contributed by atoms with Crippen LogP contribution in [0.2, 0.25) is 0 Å². The third-order valence-corrected chi connectivity index (χ3v) is 10.9. The number of nitriles is 3. The lowest BCUT2D eigenvalue weighted by Crippen LogP contribution is -2.19. The number of carbonyl (C=O) groups excluding carboxylic acids is 1. The zero-order chi connectivity index (χ0) is 49.8. The Kier molecular flexibility index (Phi) is 28.1. The number of anilines is 5. The third-order valence-electron chi connectivity index (χ3n) is 8.17. The van der Waals surface area contributed by atoms with Gasteiger partial charge in [0, 0.05) is 85.0 Å². The molecule has 0 radical (unpaired) electrons. The molecule has 3 aromatic heterocycles. The van der Waals surface area contributed by atoms with Crippen LogP contribution in [0.1, 0.15) is 31.8 Å². The highest BCUT2D eigenvalue weighted by Crippen LogP contribution is 2.22. The summed E-state index contributed by atoms with van der Waals surface area (Å²) >= 11 is 4.69. The first-order valence-electron chi connectivity index (χ1n) is 19.9. The zero-order valence-electron chi connectivity index (χ0n) is 37.4. The number of pyridine rings is 3. The summed E-state index contributed by atoms with van der Waals surface area (Å²) in [5.41, 5.74) is 22.8. The molecule has 0 bridgehead atoms. The number of carboxylic acid groups (broad SMARTS) is 1. The molecule has 3 aromatic carbocycles. The number of benzene rings is 3. The SMILES string of the molecule is CS/C(=C\C#N)Nc1ccncc1.CSC(=CC#N)SC.N#C/C=C(\NCc1ccc(C(=O)Nc2ccccc2N)cc1)Nc1ccncc1.NCc1ccc(C(=O)O)cc1.Nc1ccncc1. The van der Waals surface area contributed by atoms with Crippen molar-refractivity contribution in [2.45, 2.75) is 13.1 Å². The number of aromatic nitrogens is 3. The number of hydrogen-bond donors (Lipinski definition) is 8. The molecule has 6 aromatic rings. The van der Waals surface area contributed by atoms with Crippen molar-refractivity contribution < 1.29 is 14.7 Å². The van der Waals surface area contributed by atoms with Gasteiger partial charge in [-0.15, -0.1) is 35.3 Å². The molecule has 19 heteroatoms. The van der Waals surface area contributed by atoms with Crippen molar-refractivity contribution in [3.63, 3.8) is 0 Å². The summed E-state index contributed by atoms with van der Waals surface area (Å²) in [7, 11) is 0. The van der Waals surface area contributed by atoms with E-state index in [0.29, 0.717) is 41.4 Å². The first-order chi connectivity index (χ1) is 33.0. The summed E-state index contributed by atoms with van der Waals surface area (Å²) in [5, 5.41) is 47.1. The lowest BCUT2D eigenvalue weighted by Gasteiger charge is -2.13. The maximum Gasteiger partial charge on any atom is 0.335 e. The summed E-state index contributed by atoms with van der Waals surface area (Å²) in [6, 6.07) is 37.6. The van der Waals surface area contributed by atoms with Crippen LogP contribution in [0.4, 0.5) is 28.4 Å². The number of aromatic carboxylic acids is 1. The van der Waals surface area contributed by atoms with Gasteiger partial charge in [0.15, 0.2) is 0 Å². The van der Waals surface area contributed by atoms with Gasteiger partial charge in [-0.2, -0.15) is 15.8 Å². The van der Waals surface area contributed by atoms with Crippen molar-refractivity contribution in [1.29, 1.82) is 15.8 Å². The van der Waals surface area contributed by atoms with E-state index in [-0.39, 0.29) is 5.91 Å². The number of para-hydroxylation sites is 2. The number of allylic oxidation sites excluding steroid dienone is 3. The first-order valence-corrected chi connectivity index (χ1v) is 23.6. The molecule has 68 heavy (non-hydrogen) atoms. The molecule has 0 saturated carbocycles. The third kappa shape index (κ3) is 23.6. The molecule has 11 N–H and O–H groups in total. The van der Waals surface area contributed by atoms with E-state index in [1.165, 1.54) is 23.9 Å². The number of hydrogen-bond acceptors (Lipinski definition) is 17. The highest BCUT2D eigenvalue weighted by Gasteiger charge is 2.08. The molecule has 0 unspecified atom stereocenters. The largest absolute Gasteiger partial charge is 0.478 e. The number of nitrogens with two attached hydrogens (primary N) is 3. The molecular weight excluding hydrogens is 915 g/mol. The van der Waals surface area contributed by atoms with Crippen LogP contribution in [-0.4, -0.2) is 50.7 Å². The standard InChI is InChI=1S/C22H20N6O.C9H9N3S.C8H9NO2.C5H6N2.C5H7NS2/c23-12-9-21(27-18-10-13-25-14-11-18)26-15-16-5-7-17(8-6-16)22(29)28-20-4-2-1-3-19(20)24;1-13-9(2-5-10)12-8-3-6-11-7-4-8;9-5-6-1-3-7(4-2-6)8(10)11;6-5-1-3-7-4-2-5;1-7-5(8-2)3-4-6/h1-11,13-14,26H,15,24H2,(H,25,27)(H,28,29);2-4,6-7H,1H3,(H,11,12);1-4H,5,9H2,(H,10,11);1-4H,(H2,6,7);3H,1-2H3/b21-9+;9-2-;;;. The fourth-order valence-corrected chi connectivity index (χ4v) is 6.14. The Labute approximate surface area is 409 Å². The van der Waals surface area contributed by atoms with E-state index >= 15 is 0 Å². The molecule has 1 amide bonds. The predicted octanol–water partition coefficient (Wildman–Crippen LogP) is 9.29. The van der Waals surface area contributed by atoms with Crippen molar-refractivity contribution in [1.82, 2.24) is 20.3 Å². The molecule has 3 heterocycles. The molecule has 0 aliphatic rings. The summed E-state index contributed by atoms with van der Waals surface area (Å²) in [5.74, 6) is -0.569. The molecular formula is C49H51N13O3S3. The fraction of sp³-hybridized carbons (Fsp3) is 0.102. The summed E-state index contributed by atoms with van der Waals surface area (Å²) in [6.45, 7) is 0.930. The van der Waals surface area contributed by atoms with Gasteiger partial charge in [-0.05, 0) is 103 Å². The van der Waals surface area contributed by atoms with E-state index in [4.69, 9.17) is 38.1 Å². The lowest BCUT2D eigenvalue weighted by atomic mass is 10.1. The number of nitrogens with zero attached hydrogens (tertiary/aromatic N) is 6.